The number of hydrogen-bond donors (Lipinski definition) is 1. The van der Waals surface area contributed by atoms with Gasteiger partial charge in [0.15, 0.2) is 11.5 Å². The highest BCUT2D eigenvalue weighted by Crippen LogP contribution is 2.32. The summed E-state index contributed by atoms with van der Waals surface area (Å²) in [7, 11) is -3.52. The number of likely N-dealkylation sites (tertiary alicyclic amines) is 1. The predicted octanol–water partition coefficient (Wildman–Crippen LogP) is 1.61. The Morgan fingerprint density at radius 3 is 2.43 bits per heavy atom. The Morgan fingerprint density at radius 1 is 1.00 bits per heavy atom. The molecule has 2 aliphatic heterocycles. The van der Waals surface area contributed by atoms with Gasteiger partial charge in [-0.15, -0.1) is 0 Å². The van der Waals surface area contributed by atoms with Gasteiger partial charge in [0.25, 0.3) is 0 Å². The van der Waals surface area contributed by atoms with Gasteiger partial charge in [0.1, 0.15) is 13.2 Å². The quantitative estimate of drug-likeness (QED) is 0.882. The summed E-state index contributed by atoms with van der Waals surface area (Å²) < 4.78 is 38.4. The highest BCUT2D eigenvalue weighted by molar-refractivity contribution is 7.89. The Kier molecular flexibility index (Phi) is 5.40. The lowest BCUT2D eigenvalue weighted by Gasteiger charge is -2.20. The van der Waals surface area contributed by atoms with Gasteiger partial charge < -0.3 is 14.4 Å². The van der Waals surface area contributed by atoms with E-state index < -0.39 is 10.0 Å². The van der Waals surface area contributed by atoms with Crippen LogP contribution in [0.3, 0.4) is 0 Å². The molecule has 2 aliphatic rings. The van der Waals surface area contributed by atoms with Crippen LogP contribution in [0.4, 0.5) is 0 Å². The van der Waals surface area contributed by atoms with Crippen LogP contribution in [0, 0.1) is 0 Å². The minimum atomic E-state index is -3.52. The Labute approximate surface area is 137 Å². The largest absolute Gasteiger partial charge is 0.486 e. The van der Waals surface area contributed by atoms with Crippen molar-refractivity contribution in [1.29, 1.82) is 0 Å². The first-order valence-corrected chi connectivity index (χ1v) is 9.75. The molecule has 1 aromatic carbocycles. The summed E-state index contributed by atoms with van der Waals surface area (Å²) in [5.74, 6) is 1.09. The van der Waals surface area contributed by atoms with Gasteiger partial charge in [0, 0.05) is 19.2 Å². The van der Waals surface area contributed by atoms with Crippen molar-refractivity contribution >= 4 is 10.0 Å². The molecule has 2 heterocycles. The first-order chi connectivity index (χ1) is 11.1. The van der Waals surface area contributed by atoms with Crippen molar-refractivity contribution in [2.75, 3.05) is 39.4 Å². The van der Waals surface area contributed by atoms with Crippen LogP contribution in [-0.4, -0.2) is 52.7 Å². The molecule has 6 nitrogen and oxygen atoms in total. The summed E-state index contributed by atoms with van der Waals surface area (Å²) in [6.45, 7) is 4.24. The first kappa shape index (κ1) is 16.5. The van der Waals surface area contributed by atoms with E-state index in [0.717, 1.165) is 19.6 Å². The number of rotatable bonds is 5. The summed E-state index contributed by atoms with van der Waals surface area (Å²) in [5.41, 5.74) is 0. The summed E-state index contributed by atoms with van der Waals surface area (Å²) in [5, 5.41) is 0. The molecule has 7 heteroatoms. The van der Waals surface area contributed by atoms with E-state index in [1.54, 1.807) is 12.1 Å². The third-order valence-corrected chi connectivity index (χ3v) is 5.70. The highest BCUT2D eigenvalue weighted by Gasteiger charge is 2.19. The molecule has 1 saturated heterocycles. The van der Waals surface area contributed by atoms with E-state index in [4.69, 9.17) is 9.47 Å². The molecule has 3 rings (SSSR count). The van der Waals surface area contributed by atoms with Gasteiger partial charge in [-0.3, -0.25) is 0 Å². The topological polar surface area (TPSA) is 67.9 Å². The van der Waals surface area contributed by atoms with Crippen LogP contribution in [0.2, 0.25) is 0 Å². The van der Waals surface area contributed by atoms with Crippen LogP contribution >= 0.6 is 0 Å². The van der Waals surface area contributed by atoms with Gasteiger partial charge >= 0.3 is 0 Å². The molecule has 1 aromatic rings. The molecule has 1 fully saturated rings. The Bertz CT molecular complexity index is 625. The van der Waals surface area contributed by atoms with E-state index >= 15 is 0 Å². The SMILES string of the molecule is O=S(=O)(NCCN1CCCCCC1)c1ccc2c(c1)OCCO2. The van der Waals surface area contributed by atoms with Crippen molar-refractivity contribution in [3.05, 3.63) is 18.2 Å². The van der Waals surface area contributed by atoms with Crippen LogP contribution in [0.15, 0.2) is 23.1 Å². The number of sulfonamides is 1. The molecular weight excluding hydrogens is 316 g/mol. The molecule has 0 unspecified atom stereocenters. The molecule has 128 valence electrons. The van der Waals surface area contributed by atoms with E-state index in [0.29, 0.717) is 31.3 Å². The smallest absolute Gasteiger partial charge is 0.240 e. The van der Waals surface area contributed by atoms with Gasteiger partial charge in [-0.05, 0) is 38.1 Å². The zero-order valence-electron chi connectivity index (χ0n) is 13.3. The van der Waals surface area contributed by atoms with Crippen molar-refractivity contribution in [3.63, 3.8) is 0 Å². The van der Waals surface area contributed by atoms with Crippen molar-refractivity contribution in [1.82, 2.24) is 9.62 Å². The molecule has 1 N–H and O–H groups in total. The predicted molar refractivity (Wildman–Crippen MR) is 87.5 cm³/mol. The fourth-order valence-corrected chi connectivity index (χ4v) is 4.01. The Morgan fingerprint density at radius 2 is 1.70 bits per heavy atom. The molecule has 0 radical (unpaired) electrons. The average Bonchev–Trinajstić information content (AvgIpc) is 2.83. The van der Waals surface area contributed by atoms with Crippen LogP contribution in [0.25, 0.3) is 0 Å². The molecule has 0 saturated carbocycles. The number of benzene rings is 1. The maximum absolute atomic E-state index is 12.4. The lowest BCUT2D eigenvalue weighted by Crippen LogP contribution is -2.35. The van der Waals surface area contributed by atoms with Crippen molar-refractivity contribution in [3.8, 4) is 11.5 Å². The first-order valence-electron chi connectivity index (χ1n) is 8.27. The third-order valence-electron chi connectivity index (χ3n) is 4.24. The summed E-state index contributed by atoms with van der Waals surface area (Å²) in [6, 6.07) is 4.74. The van der Waals surface area contributed by atoms with Gasteiger partial charge in [0.2, 0.25) is 10.0 Å². The van der Waals surface area contributed by atoms with Crippen LogP contribution in [0.1, 0.15) is 25.7 Å². The molecule has 0 aromatic heterocycles. The van der Waals surface area contributed by atoms with Gasteiger partial charge in [-0.25, -0.2) is 13.1 Å². The maximum Gasteiger partial charge on any atom is 0.240 e. The molecule has 0 atom stereocenters. The lowest BCUT2D eigenvalue weighted by atomic mass is 10.2. The number of fused-ring (bicyclic) bond motifs is 1. The van der Waals surface area contributed by atoms with Gasteiger partial charge in [-0.2, -0.15) is 0 Å². The second-order valence-corrected chi connectivity index (χ2v) is 7.73. The van der Waals surface area contributed by atoms with E-state index in [1.807, 2.05) is 0 Å². The van der Waals surface area contributed by atoms with Crippen LogP contribution < -0.4 is 14.2 Å². The van der Waals surface area contributed by atoms with E-state index in [9.17, 15) is 8.42 Å². The fraction of sp³-hybridized carbons (Fsp3) is 0.625. The van der Waals surface area contributed by atoms with Crippen LogP contribution in [-0.2, 0) is 10.0 Å². The zero-order valence-corrected chi connectivity index (χ0v) is 14.1. The minimum absolute atomic E-state index is 0.220. The maximum atomic E-state index is 12.4. The molecule has 0 bridgehead atoms. The van der Waals surface area contributed by atoms with Crippen molar-refractivity contribution in [2.45, 2.75) is 30.6 Å². The molecular formula is C16H24N2O4S. The Hall–Kier alpha value is -1.31. The van der Waals surface area contributed by atoms with Crippen LogP contribution in [0.5, 0.6) is 11.5 Å². The second-order valence-electron chi connectivity index (χ2n) is 5.96. The van der Waals surface area contributed by atoms with Crippen molar-refractivity contribution < 1.29 is 17.9 Å². The Balaban J connectivity index is 1.58. The summed E-state index contributed by atoms with van der Waals surface area (Å²) >= 11 is 0. The molecule has 0 spiro atoms. The lowest BCUT2D eigenvalue weighted by molar-refractivity contribution is 0.171. The fourth-order valence-electron chi connectivity index (χ4n) is 2.97. The third kappa shape index (κ3) is 4.37. The number of hydrogen-bond acceptors (Lipinski definition) is 5. The average molecular weight is 340 g/mol. The monoisotopic (exact) mass is 340 g/mol. The summed E-state index contributed by atoms with van der Waals surface area (Å²) in [4.78, 5) is 2.55. The number of nitrogens with one attached hydrogen (secondary N) is 1. The molecule has 0 amide bonds. The number of nitrogens with zero attached hydrogens (tertiary/aromatic N) is 1. The van der Waals surface area contributed by atoms with Gasteiger partial charge in [0.05, 0.1) is 4.90 Å². The standard InChI is InChI=1S/C16H24N2O4S/c19-23(20,17-7-10-18-8-3-1-2-4-9-18)14-5-6-15-16(13-14)22-12-11-21-15/h5-6,13,17H,1-4,7-12H2. The van der Waals surface area contributed by atoms with Crippen molar-refractivity contribution in [2.24, 2.45) is 0 Å². The second kappa shape index (κ2) is 7.51. The highest BCUT2D eigenvalue weighted by atomic mass is 32.2. The zero-order chi connectivity index (χ0) is 16.1. The normalized spacial score (nSPS) is 19.3. The minimum Gasteiger partial charge on any atom is -0.486 e. The molecule has 23 heavy (non-hydrogen) atoms. The van der Waals surface area contributed by atoms with E-state index in [1.165, 1.54) is 31.7 Å². The number of ether oxygens (including phenoxy) is 2. The van der Waals surface area contributed by atoms with E-state index in [2.05, 4.69) is 9.62 Å². The molecule has 0 aliphatic carbocycles. The van der Waals surface area contributed by atoms with Gasteiger partial charge in [-0.1, -0.05) is 12.8 Å². The summed E-state index contributed by atoms with van der Waals surface area (Å²) in [6.07, 6.45) is 4.96. The van der Waals surface area contributed by atoms with E-state index in [-0.39, 0.29) is 4.90 Å².